The van der Waals surface area contributed by atoms with Gasteiger partial charge < -0.3 is 0 Å². The molecule has 0 atom stereocenters. The van der Waals surface area contributed by atoms with Gasteiger partial charge in [0.15, 0.2) is 5.78 Å². The zero-order chi connectivity index (χ0) is 13.7. The number of Topliss-reactive ketones (excluding diaryl/α,β-unsaturated/α-hetero) is 1. The van der Waals surface area contributed by atoms with Gasteiger partial charge in [0.1, 0.15) is 0 Å². The van der Waals surface area contributed by atoms with Crippen molar-refractivity contribution in [3.05, 3.63) is 70.2 Å². The van der Waals surface area contributed by atoms with Crippen molar-refractivity contribution in [3.8, 4) is 0 Å². The molecule has 0 aliphatic rings. The topological polar surface area (TPSA) is 17.1 Å². The fourth-order valence-electron chi connectivity index (χ4n) is 1.93. The minimum atomic E-state index is 0.0988. The van der Waals surface area contributed by atoms with Crippen LogP contribution in [0.15, 0.2) is 48.5 Å². The minimum Gasteiger partial charge on any atom is -0.294 e. The van der Waals surface area contributed by atoms with Gasteiger partial charge in [-0.1, -0.05) is 60.2 Å². The molecule has 0 aliphatic heterocycles. The van der Waals surface area contributed by atoms with Crippen LogP contribution in [0.1, 0.15) is 27.9 Å². The predicted molar refractivity (Wildman–Crippen MR) is 83.3 cm³/mol. The largest absolute Gasteiger partial charge is 0.294 e. The quantitative estimate of drug-likeness (QED) is 0.595. The number of carbonyl (C=O) groups is 1. The van der Waals surface area contributed by atoms with E-state index in [2.05, 4.69) is 0 Å². The Balaban J connectivity index is 2.06. The molecule has 0 aliphatic carbocycles. The molecule has 1 nitrogen and oxygen atoms in total. The summed E-state index contributed by atoms with van der Waals surface area (Å²) < 4.78 is 0. The molecule has 0 saturated carbocycles. The first kappa shape index (κ1) is 13.9. The molecule has 3 heteroatoms. The number of carbonyl (C=O) groups excluding carboxylic acids is 1. The fourth-order valence-corrected chi connectivity index (χ4v) is 2.35. The normalized spacial score (nSPS) is 10.2. The average molecular weight is 289 g/mol. The van der Waals surface area contributed by atoms with Gasteiger partial charge in [-0.05, 0) is 29.7 Å². The summed E-state index contributed by atoms with van der Waals surface area (Å²) in [5.41, 5.74) is 2.77. The highest BCUT2D eigenvalue weighted by atomic mass is 35.5. The van der Waals surface area contributed by atoms with Gasteiger partial charge in [-0.3, -0.25) is 4.79 Å². The number of rotatable bonds is 5. The Kier molecular flexibility index (Phi) is 4.83. The zero-order valence-corrected chi connectivity index (χ0v) is 11.9. The summed E-state index contributed by atoms with van der Waals surface area (Å²) in [7, 11) is 0. The van der Waals surface area contributed by atoms with Gasteiger partial charge in [0, 0.05) is 22.4 Å². The second-order valence-corrected chi connectivity index (χ2v) is 4.92. The highest BCUT2D eigenvalue weighted by Gasteiger charge is 2.08. The summed E-state index contributed by atoms with van der Waals surface area (Å²) in [5, 5.41) is 2.24. The minimum absolute atomic E-state index is 0.0988. The Bertz CT molecular complexity index is 607. The lowest BCUT2D eigenvalue weighted by molar-refractivity contribution is 0.0983. The molecule has 2 aromatic rings. The van der Waals surface area contributed by atoms with Crippen LogP contribution in [0.2, 0.25) is 5.02 Å². The average Bonchev–Trinajstić information content (AvgIpc) is 2.45. The molecule has 2 aromatic carbocycles. The number of benzene rings is 2. The number of hydrogen-bond donors (Lipinski definition) is 0. The summed E-state index contributed by atoms with van der Waals surface area (Å²) in [5.74, 6) is 0.0988. The van der Waals surface area contributed by atoms with Gasteiger partial charge in [0.05, 0.1) is 0 Å². The number of hydrogen-bond acceptors (Lipinski definition) is 2. The lowest BCUT2D eigenvalue weighted by atomic mass is 10.00. The Morgan fingerprint density at radius 2 is 1.95 bits per heavy atom. The Morgan fingerprint density at radius 1 is 1.16 bits per heavy atom. The van der Waals surface area contributed by atoms with Crippen LogP contribution in [0.5, 0.6) is 0 Å². The van der Waals surface area contributed by atoms with Crippen LogP contribution in [0.3, 0.4) is 0 Å². The van der Waals surface area contributed by atoms with Crippen LogP contribution in [-0.4, -0.2) is 11.2 Å². The van der Waals surface area contributed by atoms with Crippen LogP contribution in [0, 0.1) is 0 Å². The van der Waals surface area contributed by atoms with Gasteiger partial charge in [-0.15, -0.1) is 0 Å². The standard InChI is InChI=1S/C16H13ClOS/c17-15-7-3-6-13(10-15)16(18)9-8-12-4-1-2-5-14(12)11-19/h1-7,10-11H,8-9H2. The van der Waals surface area contributed by atoms with Crippen LogP contribution in [0.4, 0.5) is 0 Å². The first-order valence-corrected chi connectivity index (χ1v) is 6.87. The van der Waals surface area contributed by atoms with Crippen molar-refractivity contribution in [1.82, 2.24) is 0 Å². The number of thiocarbonyl (C=S) groups is 1. The van der Waals surface area contributed by atoms with Crippen molar-refractivity contribution >= 4 is 35.0 Å². The van der Waals surface area contributed by atoms with E-state index in [9.17, 15) is 4.79 Å². The molecule has 0 saturated heterocycles. The zero-order valence-electron chi connectivity index (χ0n) is 10.3. The van der Waals surface area contributed by atoms with Crippen molar-refractivity contribution in [2.24, 2.45) is 0 Å². The molecule has 2 rings (SSSR count). The first-order valence-electron chi connectivity index (χ1n) is 6.02. The second-order valence-electron chi connectivity index (χ2n) is 4.25. The summed E-state index contributed by atoms with van der Waals surface area (Å²) in [6.45, 7) is 0. The van der Waals surface area contributed by atoms with Gasteiger partial charge in [0.25, 0.3) is 0 Å². The van der Waals surface area contributed by atoms with Crippen molar-refractivity contribution in [1.29, 1.82) is 0 Å². The van der Waals surface area contributed by atoms with Crippen molar-refractivity contribution in [2.75, 3.05) is 0 Å². The molecule has 0 amide bonds. The Labute approximate surface area is 123 Å². The van der Waals surface area contributed by atoms with E-state index in [0.717, 1.165) is 11.1 Å². The van der Waals surface area contributed by atoms with Crippen LogP contribution >= 0.6 is 23.8 Å². The number of aryl methyl sites for hydroxylation is 1. The summed E-state index contributed by atoms with van der Waals surface area (Å²) in [4.78, 5) is 12.1. The molecule has 0 aromatic heterocycles. The lowest BCUT2D eigenvalue weighted by Crippen LogP contribution is -2.02. The fraction of sp³-hybridized carbons (Fsp3) is 0.125. The third kappa shape index (κ3) is 3.72. The molecular formula is C16H13ClOS. The lowest BCUT2D eigenvalue weighted by Gasteiger charge is -2.05. The van der Waals surface area contributed by atoms with E-state index < -0.39 is 0 Å². The van der Waals surface area contributed by atoms with Crippen molar-refractivity contribution in [3.63, 3.8) is 0 Å². The van der Waals surface area contributed by atoms with Crippen LogP contribution in [0.25, 0.3) is 0 Å². The van der Waals surface area contributed by atoms with Gasteiger partial charge >= 0.3 is 0 Å². The Morgan fingerprint density at radius 3 is 2.68 bits per heavy atom. The van der Waals surface area contributed by atoms with E-state index in [1.807, 2.05) is 24.3 Å². The van der Waals surface area contributed by atoms with E-state index >= 15 is 0 Å². The van der Waals surface area contributed by atoms with Gasteiger partial charge in [-0.2, -0.15) is 0 Å². The molecule has 0 N–H and O–H groups in total. The molecule has 0 fully saturated rings. The monoisotopic (exact) mass is 288 g/mol. The molecule has 19 heavy (non-hydrogen) atoms. The number of ketones is 1. The third-order valence-electron chi connectivity index (χ3n) is 2.95. The molecule has 0 unspecified atom stereocenters. The van der Waals surface area contributed by atoms with E-state index in [0.29, 0.717) is 23.4 Å². The molecule has 0 spiro atoms. The molecule has 0 radical (unpaired) electrons. The third-order valence-corrected chi connectivity index (χ3v) is 3.44. The first-order chi connectivity index (χ1) is 9.20. The number of halogens is 1. The maximum absolute atomic E-state index is 12.1. The highest BCUT2D eigenvalue weighted by Crippen LogP contribution is 2.15. The maximum Gasteiger partial charge on any atom is 0.163 e. The summed E-state index contributed by atoms with van der Waals surface area (Å²) >= 11 is 10.9. The predicted octanol–water partition coefficient (Wildman–Crippen LogP) is 4.50. The van der Waals surface area contributed by atoms with E-state index in [1.165, 1.54) is 0 Å². The van der Waals surface area contributed by atoms with Gasteiger partial charge in [-0.25, -0.2) is 0 Å². The molecule has 0 heterocycles. The smallest absolute Gasteiger partial charge is 0.163 e. The Hall–Kier alpha value is -1.51. The van der Waals surface area contributed by atoms with Crippen molar-refractivity contribution < 1.29 is 4.79 Å². The van der Waals surface area contributed by atoms with Crippen molar-refractivity contribution in [2.45, 2.75) is 12.8 Å². The highest BCUT2D eigenvalue weighted by molar-refractivity contribution is 7.79. The summed E-state index contributed by atoms with van der Waals surface area (Å²) in [6, 6.07) is 14.9. The van der Waals surface area contributed by atoms with E-state index in [1.54, 1.807) is 29.6 Å². The molecule has 96 valence electrons. The van der Waals surface area contributed by atoms with Gasteiger partial charge in [0.2, 0.25) is 0 Å². The van der Waals surface area contributed by atoms with Crippen LogP contribution in [-0.2, 0) is 6.42 Å². The summed E-state index contributed by atoms with van der Waals surface area (Å²) in [6.07, 6.45) is 1.15. The maximum atomic E-state index is 12.1. The second kappa shape index (κ2) is 6.60. The van der Waals surface area contributed by atoms with E-state index in [4.69, 9.17) is 23.8 Å². The van der Waals surface area contributed by atoms with E-state index in [-0.39, 0.29) is 5.78 Å². The van der Waals surface area contributed by atoms with Crippen LogP contribution < -0.4 is 0 Å². The molecule has 0 bridgehead atoms. The molecular weight excluding hydrogens is 276 g/mol. The SMILES string of the molecule is O=C(CCc1ccccc1C=S)c1cccc(Cl)c1.